The Morgan fingerprint density at radius 2 is 1.96 bits per heavy atom. The maximum Gasteiger partial charge on any atom is 0.223 e. The molecule has 3 rings (SSSR count). The molecule has 2 aliphatic heterocycles. The van der Waals surface area contributed by atoms with Gasteiger partial charge in [0.15, 0.2) is 0 Å². The van der Waals surface area contributed by atoms with Crippen LogP contribution in [-0.4, -0.2) is 86.1 Å². The Balaban J connectivity index is 1.35. The van der Waals surface area contributed by atoms with Gasteiger partial charge in [-0.15, -0.1) is 0 Å². The van der Waals surface area contributed by atoms with Crippen molar-refractivity contribution in [1.82, 2.24) is 15.5 Å². The summed E-state index contributed by atoms with van der Waals surface area (Å²) in [6.07, 6.45) is 6.84. The van der Waals surface area contributed by atoms with Gasteiger partial charge in [-0.05, 0) is 25.8 Å². The summed E-state index contributed by atoms with van der Waals surface area (Å²) in [5, 5.41) is 15.5. The number of rotatable bonds is 9. The summed E-state index contributed by atoms with van der Waals surface area (Å²) in [6, 6.07) is -0.342. The van der Waals surface area contributed by atoms with Crippen LogP contribution in [0.25, 0.3) is 0 Å². The molecule has 0 aromatic heterocycles. The Bertz CT molecular complexity index is 546. The van der Waals surface area contributed by atoms with Crippen LogP contribution in [-0.2, 0) is 19.1 Å². The van der Waals surface area contributed by atoms with Crippen LogP contribution in [0.4, 0.5) is 0 Å². The number of amides is 2. The quantitative estimate of drug-likeness (QED) is 0.370. The van der Waals surface area contributed by atoms with Gasteiger partial charge in [0.05, 0.1) is 38.4 Å². The summed E-state index contributed by atoms with van der Waals surface area (Å²) in [7, 11) is 0. The standard InChI is InChI=1S/C20H33N3O5/c24-14-18-17(22-20(26)15-3-1-4-15)6-5-16(28-18)13-19(25)21-7-2-8-23-9-11-27-12-10-23/h5-6,15-18,24H,1-4,7-14H2,(H,21,25)(H,22,26)/t16-,17-,18+/m1/s1. The van der Waals surface area contributed by atoms with Gasteiger partial charge in [-0.3, -0.25) is 14.5 Å². The number of aliphatic hydroxyl groups is 1. The molecule has 28 heavy (non-hydrogen) atoms. The SMILES string of the molecule is O=C(C[C@H]1C=C[C@@H](NC(=O)C2CCC2)[C@H](CO)O1)NCCCN1CCOCC1. The second kappa shape index (κ2) is 10.9. The minimum absolute atomic E-state index is 0.0272. The molecule has 158 valence electrons. The fourth-order valence-corrected chi connectivity index (χ4v) is 3.70. The smallest absolute Gasteiger partial charge is 0.223 e. The third-order valence-corrected chi connectivity index (χ3v) is 5.71. The van der Waals surface area contributed by atoms with Crippen LogP contribution in [0, 0.1) is 5.92 Å². The number of ether oxygens (including phenoxy) is 2. The van der Waals surface area contributed by atoms with Gasteiger partial charge in [0.25, 0.3) is 0 Å². The lowest BCUT2D eigenvalue weighted by molar-refractivity contribution is -0.131. The fourth-order valence-electron chi connectivity index (χ4n) is 3.70. The van der Waals surface area contributed by atoms with E-state index in [1.165, 1.54) is 0 Å². The van der Waals surface area contributed by atoms with Crippen LogP contribution < -0.4 is 10.6 Å². The average molecular weight is 396 g/mol. The number of carbonyl (C=O) groups excluding carboxylic acids is 2. The molecule has 0 bridgehead atoms. The Kier molecular flexibility index (Phi) is 8.27. The molecule has 0 radical (unpaired) electrons. The second-order valence-corrected chi connectivity index (χ2v) is 7.80. The normalized spacial score (nSPS) is 28.5. The minimum atomic E-state index is -0.520. The van der Waals surface area contributed by atoms with Gasteiger partial charge < -0.3 is 25.2 Å². The second-order valence-electron chi connectivity index (χ2n) is 7.80. The third kappa shape index (κ3) is 6.27. The van der Waals surface area contributed by atoms with Gasteiger partial charge in [0, 0.05) is 25.6 Å². The Labute approximate surface area is 166 Å². The first-order chi connectivity index (χ1) is 13.7. The molecule has 2 heterocycles. The van der Waals surface area contributed by atoms with Crippen molar-refractivity contribution in [2.24, 2.45) is 5.92 Å². The zero-order valence-electron chi connectivity index (χ0n) is 16.5. The summed E-state index contributed by atoms with van der Waals surface area (Å²) in [4.78, 5) is 26.6. The molecule has 3 N–H and O–H groups in total. The summed E-state index contributed by atoms with van der Waals surface area (Å²) in [5.74, 6) is 0.0541. The van der Waals surface area contributed by atoms with Gasteiger partial charge in [-0.25, -0.2) is 0 Å². The molecular formula is C20H33N3O5. The van der Waals surface area contributed by atoms with Gasteiger partial charge >= 0.3 is 0 Å². The lowest BCUT2D eigenvalue weighted by Gasteiger charge is -2.33. The van der Waals surface area contributed by atoms with Gasteiger partial charge in [0.2, 0.25) is 11.8 Å². The van der Waals surface area contributed by atoms with Crippen molar-refractivity contribution in [3.8, 4) is 0 Å². The third-order valence-electron chi connectivity index (χ3n) is 5.71. The number of hydrogen-bond acceptors (Lipinski definition) is 6. The van der Waals surface area contributed by atoms with Crippen LogP contribution in [0.1, 0.15) is 32.1 Å². The minimum Gasteiger partial charge on any atom is -0.394 e. The number of nitrogens with zero attached hydrogens (tertiary/aromatic N) is 1. The highest BCUT2D eigenvalue weighted by atomic mass is 16.5. The molecule has 1 aliphatic carbocycles. The molecule has 0 unspecified atom stereocenters. The topological polar surface area (TPSA) is 100 Å². The number of hydrogen-bond donors (Lipinski definition) is 3. The van der Waals surface area contributed by atoms with Crippen LogP contribution >= 0.6 is 0 Å². The first kappa shape index (κ1) is 21.2. The number of aliphatic hydroxyl groups excluding tert-OH is 1. The maximum atomic E-state index is 12.2. The van der Waals surface area contributed by atoms with E-state index in [4.69, 9.17) is 9.47 Å². The molecule has 8 heteroatoms. The predicted octanol–water partition coefficient (Wildman–Crippen LogP) is -0.184. The van der Waals surface area contributed by atoms with Crippen molar-refractivity contribution in [2.75, 3.05) is 46.0 Å². The molecule has 3 aliphatic rings. The molecule has 8 nitrogen and oxygen atoms in total. The summed E-state index contributed by atoms with van der Waals surface area (Å²) in [5.41, 5.74) is 0. The van der Waals surface area contributed by atoms with Crippen molar-refractivity contribution in [1.29, 1.82) is 0 Å². The molecule has 2 fully saturated rings. The molecule has 1 saturated heterocycles. The Hall–Kier alpha value is -1.48. The van der Waals surface area contributed by atoms with E-state index in [-0.39, 0.29) is 42.9 Å². The monoisotopic (exact) mass is 395 g/mol. The van der Waals surface area contributed by atoms with Gasteiger partial charge in [-0.2, -0.15) is 0 Å². The van der Waals surface area contributed by atoms with E-state index < -0.39 is 6.10 Å². The van der Waals surface area contributed by atoms with Crippen molar-refractivity contribution in [3.05, 3.63) is 12.2 Å². The highest BCUT2D eigenvalue weighted by molar-refractivity contribution is 5.80. The van der Waals surface area contributed by atoms with Crippen molar-refractivity contribution in [2.45, 2.75) is 50.4 Å². The average Bonchev–Trinajstić information content (AvgIpc) is 2.66. The van der Waals surface area contributed by atoms with Gasteiger partial charge in [-0.1, -0.05) is 18.6 Å². The summed E-state index contributed by atoms with van der Waals surface area (Å²) in [6.45, 7) is 4.87. The van der Waals surface area contributed by atoms with Gasteiger partial charge in [0.1, 0.15) is 6.10 Å². The van der Waals surface area contributed by atoms with E-state index >= 15 is 0 Å². The molecular weight excluding hydrogens is 362 g/mol. The van der Waals surface area contributed by atoms with Crippen molar-refractivity contribution < 1.29 is 24.2 Å². The first-order valence-corrected chi connectivity index (χ1v) is 10.5. The number of morpholine rings is 1. The highest BCUT2D eigenvalue weighted by Crippen LogP contribution is 2.27. The summed E-state index contributed by atoms with van der Waals surface area (Å²) >= 11 is 0. The van der Waals surface area contributed by atoms with Crippen LogP contribution in [0.3, 0.4) is 0 Å². The molecule has 2 amide bonds. The van der Waals surface area contributed by atoms with Crippen molar-refractivity contribution in [3.63, 3.8) is 0 Å². The number of carbonyl (C=O) groups is 2. The largest absolute Gasteiger partial charge is 0.394 e. The lowest BCUT2D eigenvalue weighted by atomic mass is 9.84. The summed E-state index contributed by atoms with van der Waals surface area (Å²) < 4.78 is 11.1. The lowest BCUT2D eigenvalue weighted by Crippen LogP contribution is -2.51. The zero-order valence-corrected chi connectivity index (χ0v) is 16.5. The molecule has 0 aromatic carbocycles. The Morgan fingerprint density at radius 1 is 1.18 bits per heavy atom. The molecule has 3 atom stereocenters. The van der Waals surface area contributed by atoms with E-state index in [1.807, 2.05) is 12.2 Å². The van der Waals surface area contributed by atoms with Crippen LogP contribution in [0.15, 0.2) is 12.2 Å². The van der Waals surface area contributed by atoms with E-state index in [9.17, 15) is 14.7 Å². The van der Waals surface area contributed by atoms with Crippen LogP contribution in [0.2, 0.25) is 0 Å². The van der Waals surface area contributed by atoms with E-state index in [2.05, 4.69) is 15.5 Å². The fraction of sp³-hybridized carbons (Fsp3) is 0.800. The van der Waals surface area contributed by atoms with E-state index in [1.54, 1.807) is 0 Å². The number of nitrogens with one attached hydrogen (secondary N) is 2. The Morgan fingerprint density at radius 3 is 2.64 bits per heavy atom. The molecule has 1 saturated carbocycles. The molecule has 0 aromatic rings. The van der Waals surface area contributed by atoms with Crippen molar-refractivity contribution >= 4 is 11.8 Å². The zero-order chi connectivity index (χ0) is 19.8. The van der Waals surface area contributed by atoms with E-state index in [0.717, 1.165) is 58.5 Å². The van der Waals surface area contributed by atoms with E-state index in [0.29, 0.717) is 6.54 Å². The highest BCUT2D eigenvalue weighted by Gasteiger charge is 2.32. The molecule has 0 spiro atoms. The maximum absolute atomic E-state index is 12.2. The predicted molar refractivity (Wildman–Crippen MR) is 104 cm³/mol. The van der Waals surface area contributed by atoms with Crippen LogP contribution in [0.5, 0.6) is 0 Å². The first-order valence-electron chi connectivity index (χ1n) is 10.5.